The molecular weight excluding hydrogens is 366 g/mol. The summed E-state index contributed by atoms with van der Waals surface area (Å²) in [5, 5.41) is 12.0. The minimum Gasteiger partial charge on any atom is -0.497 e. The summed E-state index contributed by atoms with van der Waals surface area (Å²) in [6, 6.07) is 7.97. The fourth-order valence-electron chi connectivity index (χ4n) is 2.76. The predicted octanol–water partition coefficient (Wildman–Crippen LogP) is 2.99. The maximum atomic E-state index is 12.4. The van der Waals surface area contributed by atoms with Crippen molar-refractivity contribution in [1.29, 1.82) is 0 Å². The maximum absolute atomic E-state index is 12.4. The number of hydrogen-bond donors (Lipinski definition) is 2. The minimum absolute atomic E-state index is 0.0450. The van der Waals surface area contributed by atoms with Crippen LogP contribution in [-0.2, 0) is 11.2 Å². The van der Waals surface area contributed by atoms with Gasteiger partial charge in [0.15, 0.2) is 11.5 Å². The summed E-state index contributed by atoms with van der Waals surface area (Å²) in [4.78, 5) is 23.8. The third-order valence-electron chi connectivity index (χ3n) is 4.14. The summed E-state index contributed by atoms with van der Waals surface area (Å²) >= 11 is 0. The van der Waals surface area contributed by atoms with E-state index in [2.05, 4.69) is 5.32 Å². The Morgan fingerprint density at radius 1 is 0.929 bits per heavy atom. The highest BCUT2D eigenvalue weighted by Gasteiger charge is 2.18. The molecule has 0 bridgehead atoms. The largest absolute Gasteiger partial charge is 0.497 e. The zero-order chi connectivity index (χ0) is 20.7. The van der Waals surface area contributed by atoms with E-state index in [9.17, 15) is 14.7 Å². The first-order valence-electron chi connectivity index (χ1n) is 8.44. The SMILES string of the molecule is COc1ccc(NC(=O)CCc2ccc(OC)c(OC)c2OC)c(C(=O)O)c1. The average molecular weight is 389 g/mol. The van der Waals surface area contributed by atoms with Crippen LogP contribution in [0, 0.1) is 0 Å². The number of nitrogens with one attached hydrogen (secondary N) is 1. The summed E-state index contributed by atoms with van der Waals surface area (Å²) in [5.41, 5.74) is 0.928. The number of hydrogen-bond acceptors (Lipinski definition) is 6. The van der Waals surface area contributed by atoms with E-state index in [1.165, 1.54) is 40.6 Å². The van der Waals surface area contributed by atoms with Gasteiger partial charge >= 0.3 is 5.97 Å². The van der Waals surface area contributed by atoms with Gasteiger partial charge in [0.1, 0.15) is 5.75 Å². The highest BCUT2D eigenvalue weighted by atomic mass is 16.5. The van der Waals surface area contributed by atoms with Crippen molar-refractivity contribution in [2.45, 2.75) is 12.8 Å². The number of carboxylic acids is 1. The molecule has 150 valence electrons. The number of carbonyl (C=O) groups is 2. The Hall–Kier alpha value is -3.42. The fraction of sp³-hybridized carbons (Fsp3) is 0.300. The van der Waals surface area contributed by atoms with Crippen LogP contribution in [0.1, 0.15) is 22.3 Å². The van der Waals surface area contributed by atoms with Gasteiger partial charge in [-0.2, -0.15) is 0 Å². The van der Waals surface area contributed by atoms with Crippen LogP contribution in [0.25, 0.3) is 0 Å². The van der Waals surface area contributed by atoms with E-state index in [1.807, 2.05) is 0 Å². The fourth-order valence-corrected chi connectivity index (χ4v) is 2.76. The highest BCUT2D eigenvalue weighted by Crippen LogP contribution is 2.40. The second kappa shape index (κ2) is 9.50. The molecule has 1 amide bonds. The number of anilines is 1. The quantitative estimate of drug-likeness (QED) is 0.679. The molecule has 0 saturated heterocycles. The summed E-state index contributed by atoms with van der Waals surface area (Å²) < 4.78 is 21.0. The molecular formula is C20H23NO7. The summed E-state index contributed by atoms with van der Waals surface area (Å²) in [7, 11) is 5.99. The lowest BCUT2D eigenvalue weighted by molar-refractivity contribution is -0.116. The first-order chi connectivity index (χ1) is 13.4. The molecule has 8 heteroatoms. The molecule has 0 fully saturated rings. The van der Waals surface area contributed by atoms with Gasteiger partial charge in [0, 0.05) is 6.42 Å². The van der Waals surface area contributed by atoms with Gasteiger partial charge in [-0.15, -0.1) is 0 Å². The van der Waals surface area contributed by atoms with E-state index >= 15 is 0 Å². The molecule has 28 heavy (non-hydrogen) atoms. The van der Waals surface area contributed by atoms with Crippen LogP contribution in [0.2, 0.25) is 0 Å². The lowest BCUT2D eigenvalue weighted by Crippen LogP contribution is -2.15. The number of carbonyl (C=O) groups excluding carboxylic acids is 1. The first-order valence-corrected chi connectivity index (χ1v) is 8.44. The molecule has 2 aromatic carbocycles. The summed E-state index contributed by atoms with van der Waals surface area (Å²) in [6.07, 6.45) is 0.491. The average Bonchev–Trinajstić information content (AvgIpc) is 2.71. The van der Waals surface area contributed by atoms with Gasteiger partial charge in [0.2, 0.25) is 11.7 Å². The predicted molar refractivity (Wildman–Crippen MR) is 103 cm³/mol. The minimum atomic E-state index is -1.16. The lowest BCUT2D eigenvalue weighted by atomic mass is 10.1. The normalized spacial score (nSPS) is 10.1. The Morgan fingerprint density at radius 2 is 1.64 bits per heavy atom. The smallest absolute Gasteiger partial charge is 0.337 e. The second-order valence-electron chi connectivity index (χ2n) is 5.76. The van der Waals surface area contributed by atoms with E-state index in [0.717, 1.165) is 5.56 Å². The first kappa shape index (κ1) is 20.9. The molecule has 0 spiro atoms. The van der Waals surface area contributed by atoms with E-state index in [-0.39, 0.29) is 23.6 Å². The third-order valence-corrected chi connectivity index (χ3v) is 4.14. The lowest BCUT2D eigenvalue weighted by Gasteiger charge is -2.16. The molecule has 2 rings (SSSR count). The molecule has 0 saturated carbocycles. The number of rotatable bonds is 9. The molecule has 0 aromatic heterocycles. The van der Waals surface area contributed by atoms with Crippen LogP contribution >= 0.6 is 0 Å². The van der Waals surface area contributed by atoms with Crippen LogP contribution in [0.4, 0.5) is 5.69 Å². The van der Waals surface area contributed by atoms with E-state index in [4.69, 9.17) is 18.9 Å². The van der Waals surface area contributed by atoms with E-state index < -0.39 is 5.97 Å². The van der Waals surface area contributed by atoms with Gasteiger partial charge in [-0.25, -0.2) is 4.79 Å². The molecule has 2 N–H and O–H groups in total. The van der Waals surface area contributed by atoms with Gasteiger partial charge in [-0.3, -0.25) is 4.79 Å². The monoisotopic (exact) mass is 389 g/mol. The molecule has 0 aliphatic heterocycles. The van der Waals surface area contributed by atoms with Crippen LogP contribution < -0.4 is 24.3 Å². The van der Waals surface area contributed by atoms with Gasteiger partial charge in [-0.05, 0) is 36.2 Å². The van der Waals surface area contributed by atoms with Gasteiger partial charge < -0.3 is 29.4 Å². The van der Waals surface area contributed by atoms with Crippen molar-refractivity contribution in [2.75, 3.05) is 33.8 Å². The van der Waals surface area contributed by atoms with E-state index in [1.54, 1.807) is 18.2 Å². The Bertz CT molecular complexity index is 864. The van der Waals surface area contributed by atoms with Crippen molar-refractivity contribution in [3.63, 3.8) is 0 Å². The van der Waals surface area contributed by atoms with Crippen molar-refractivity contribution in [2.24, 2.45) is 0 Å². The standard InChI is InChI=1S/C20H23NO7/c1-25-13-7-8-15(14(11-13)20(23)24)21-17(22)10-6-12-5-9-16(26-2)19(28-4)18(12)27-3/h5,7-9,11H,6,10H2,1-4H3,(H,21,22)(H,23,24). The van der Waals surface area contributed by atoms with Gasteiger partial charge in [0.25, 0.3) is 0 Å². The zero-order valence-corrected chi connectivity index (χ0v) is 16.2. The molecule has 8 nitrogen and oxygen atoms in total. The van der Waals surface area contributed by atoms with E-state index in [0.29, 0.717) is 29.4 Å². The molecule has 0 unspecified atom stereocenters. The van der Waals surface area contributed by atoms with Crippen LogP contribution in [0.3, 0.4) is 0 Å². The Balaban J connectivity index is 2.14. The van der Waals surface area contributed by atoms with Crippen LogP contribution in [-0.4, -0.2) is 45.4 Å². The molecule has 0 aliphatic carbocycles. The Labute approximate surface area is 163 Å². The number of amides is 1. The molecule has 0 atom stereocenters. The number of benzene rings is 2. The number of aromatic carboxylic acids is 1. The van der Waals surface area contributed by atoms with Crippen molar-refractivity contribution in [3.8, 4) is 23.0 Å². The second-order valence-corrected chi connectivity index (χ2v) is 5.76. The molecule has 0 heterocycles. The summed E-state index contributed by atoms with van der Waals surface area (Å²) in [5.74, 6) is 0.374. The van der Waals surface area contributed by atoms with Crippen molar-refractivity contribution in [1.82, 2.24) is 0 Å². The molecule has 2 aromatic rings. The topological polar surface area (TPSA) is 103 Å². The highest BCUT2D eigenvalue weighted by molar-refractivity contribution is 6.00. The number of ether oxygens (including phenoxy) is 4. The third kappa shape index (κ3) is 4.64. The van der Waals surface area contributed by atoms with Crippen molar-refractivity contribution < 1.29 is 33.6 Å². The Morgan fingerprint density at radius 3 is 2.21 bits per heavy atom. The zero-order valence-electron chi connectivity index (χ0n) is 16.2. The van der Waals surface area contributed by atoms with Crippen molar-refractivity contribution >= 4 is 17.6 Å². The Kier molecular flexibility index (Phi) is 7.08. The number of carboxylic acid groups (broad SMARTS) is 1. The van der Waals surface area contributed by atoms with Gasteiger partial charge in [0.05, 0.1) is 39.7 Å². The van der Waals surface area contributed by atoms with Crippen LogP contribution in [0.5, 0.6) is 23.0 Å². The maximum Gasteiger partial charge on any atom is 0.337 e. The molecule has 0 radical (unpaired) electrons. The summed E-state index contributed by atoms with van der Waals surface area (Å²) in [6.45, 7) is 0. The molecule has 0 aliphatic rings. The van der Waals surface area contributed by atoms with Crippen LogP contribution in [0.15, 0.2) is 30.3 Å². The van der Waals surface area contributed by atoms with Gasteiger partial charge in [-0.1, -0.05) is 6.07 Å². The number of methoxy groups -OCH3 is 4. The van der Waals surface area contributed by atoms with Crippen molar-refractivity contribution in [3.05, 3.63) is 41.5 Å². The number of aryl methyl sites for hydroxylation is 1.